The summed E-state index contributed by atoms with van der Waals surface area (Å²) >= 11 is 0. The van der Waals surface area contributed by atoms with Gasteiger partial charge in [0.15, 0.2) is 0 Å². The number of fused-ring (bicyclic) bond motifs is 15. The molecule has 105 heavy (non-hydrogen) atoms. The molecule has 15 aromatic carbocycles. The first-order valence-electron chi connectivity index (χ1n) is 36.2. The van der Waals surface area contributed by atoms with Gasteiger partial charge in [0.2, 0.25) is 0 Å². The van der Waals surface area contributed by atoms with Crippen molar-refractivity contribution in [3.05, 3.63) is 338 Å². The number of nitrogens with zero attached hydrogens (tertiary/aromatic N) is 5. The van der Waals surface area contributed by atoms with Crippen molar-refractivity contribution >= 4 is 171 Å². The molecule has 12 heteroatoms. The molecular weight excluding hydrogens is 1280 g/mol. The summed E-state index contributed by atoms with van der Waals surface area (Å²) in [6.07, 6.45) is 0. The highest BCUT2D eigenvalue weighted by atomic mass is 16.5. The van der Waals surface area contributed by atoms with Gasteiger partial charge in [0.05, 0.1) is 28.3 Å². The van der Waals surface area contributed by atoms with E-state index in [0.29, 0.717) is 0 Å². The molecule has 7 heterocycles. The predicted molar refractivity (Wildman–Crippen MR) is 437 cm³/mol. The molecule has 0 amide bonds. The van der Waals surface area contributed by atoms with Gasteiger partial charge >= 0.3 is 0 Å². The Labute approximate surface area is 609 Å². The number of aromatic nitrogens is 1. The summed E-state index contributed by atoms with van der Waals surface area (Å²) in [7, 11) is 0. The minimum Gasteiger partial charge on any atom is -0.458 e. The summed E-state index contributed by atoms with van der Waals surface area (Å²) in [5, 5.41) is 6.63. The lowest BCUT2D eigenvalue weighted by Gasteiger charge is -2.43. The number of nitrogens with one attached hydrogen (secondary N) is 1. The third-order valence-electron chi connectivity index (χ3n) is 22.4. The third kappa shape index (κ3) is 8.93. The first-order chi connectivity index (χ1) is 51.8. The van der Waals surface area contributed by atoms with Gasteiger partial charge in [0, 0.05) is 115 Å². The SMILES string of the molecule is Cc1cc(C)c(N2c3cc4c(cc3B3c5ccccc5Oc5cc(N(c6ccccc6)c6ccccc6)cc2c53)B2c3cc5c(cc3Oc3cc(N(c6ccccc6)c6ccccc6)cc(c32)O4)Nc2cc(N(c3ccccc3)c3ccccc3)cc3c2B5c2cccc4c5ccccc5n-3c24)c(C)c1. The van der Waals surface area contributed by atoms with Crippen LogP contribution in [0.1, 0.15) is 16.7 Å². The Morgan fingerprint density at radius 1 is 0.286 bits per heavy atom. The number of rotatable bonds is 10. The van der Waals surface area contributed by atoms with Crippen LogP contribution < -0.4 is 88.3 Å². The first kappa shape index (κ1) is 59.4. The fourth-order valence-corrected chi connectivity index (χ4v) is 18.4. The Morgan fingerprint density at radius 2 is 0.724 bits per heavy atom. The topological polar surface area (TPSA) is 57.6 Å². The maximum absolute atomic E-state index is 7.82. The van der Waals surface area contributed by atoms with Crippen molar-refractivity contribution in [1.82, 2.24) is 4.57 Å². The van der Waals surface area contributed by atoms with E-state index in [1.807, 2.05) is 0 Å². The van der Waals surface area contributed by atoms with Crippen molar-refractivity contribution in [2.75, 3.05) is 24.9 Å². The average molecular weight is 1350 g/mol. The van der Waals surface area contributed by atoms with Crippen molar-refractivity contribution < 1.29 is 14.2 Å². The number of aryl methyl sites for hydroxylation is 3. The summed E-state index contributed by atoms with van der Waals surface area (Å²) < 4.78 is 25.4. The lowest BCUT2D eigenvalue weighted by atomic mass is 9.30. The second-order valence-electron chi connectivity index (χ2n) is 28.6. The van der Waals surface area contributed by atoms with E-state index in [9.17, 15) is 0 Å². The lowest BCUT2D eigenvalue weighted by molar-refractivity contribution is 0.465. The third-order valence-corrected chi connectivity index (χ3v) is 22.4. The van der Waals surface area contributed by atoms with E-state index < -0.39 is 0 Å². The normalized spacial score (nSPS) is 13.1. The van der Waals surface area contributed by atoms with Crippen LogP contribution in [0.4, 0.5) is 79.6 Å². The molecule has 16 aromatic rings. The number of anilines is 14. The summed E-state index contributed by atoms with van der Waals surface area (Å²) in [6.45, 7) is 5.95. The van der Waals surface area contributed by atoms with Gasteiger partial charge in [-0.05, 0) is 179 Å². The average Bonchev–Trinajstić information content (AvgIpc) is 1.38. The van der Waals surface area contributed by atoms with Crippen molar-refractivity contribution in [1.29, 1.82) is 0 Å². The Hall–Kier alpha value is -13.3. The molecule has 22 rings (SSSR count). The molecule has 0 radical (unpaired) electrons. The van der Waals surface area contributed by atoms with E-state index >= 15 is 0 Å². The van der Waals surface area contributed by atoms with Crippen LogP contribution in [0.5, 0.6) is 34.5 Å². The van der Waals surface area contributed by atoms with Crippen LogP contribution in [0.25, 0.3) is 27.5 Å². The van der Waals surface area contributed by atoms with Crippen LogP contribution in [0.2, 0.25) is 0 Å². The van der Waals surface area contributed by atoms with Crippen LogP contribution in [0.15, 0.2) is 322 Å². The van der Waals surface area contributed by atoms with Crippen LogP contribution in [0.3, 0.4) is 0 Å². The zero-order valence-corrected chi connectivity index (χ0v) is 57.8. The molecule has 6 aliphatic rings. The van der Waals surface area contributed by atoms with Gasteiger partial charge in [-0.2, -0.15) is 0 Å². The highest BCUT2D eigenvalue weighted by molar-refractivity contribution is 7.03. The molecule has 0 spiro atoms. The van der Waals surface area contributed by atoms with Crippen molar-refractivity contribution in [3.8, 4) is 40.2 Å². The molecule has 0 unspecified atom stereocenters. The van der Waals surface area contributed by atoms with Gasteiger partial charge in [0.25, 0.3) is 20.1 Å². The summed E-state index contributed by atoms with van der Waals surface area (Å²) in [5.74, 6) is 4.67. The first-order valence-corrected chi connectivity index (χ1v) is 36.2. The number of ether oxygens (including phenoxy) is 3. The fourth-order valence-electron chi connectivity index (χ4n) is 18.4. The second-order valence-corrected chi connectivity index (χ2v) is 28.6. The van der Waals surface area contributed by atoms with Gasteiger partial charge < -0.3 is 43.7 Å². The van der Waals surface area contributed by atoms with Gasteiger partial charge in [-0.3, -0.25) is 0 Å². The molecule has 0 saturated carbocycles. The van der Waals surface area contributed by atoms with Gasteiger partial charge in [-0.15, -0.1) is 0 Å². The maximum Gasteiger partial charge on any atom is 0.260 e. The van der Waals surface area contributed by atoms with Crippen LogP contribution in [-0.4, -0.2) is 24.7 Å². The molecule has 0 fully saturated rings. The molecular formula is C93H63B3N6O3. The summed E-state index contributed by atoms with van der Waals surface area (Å²) in [5.41, 5.74) is 31.6. The zero-order chi connectivity index (χ0) is 69.3. The van der Waals surface area contributed by atoms with Crippen molar-refractivity contribution in [3.63, 3.8) is 0 Å². The molecule has 9 nitrogen and oxygen atoms in total. The van der Waals surface area contributed by atoms with Crippen LogP contribution >= 0.6 is 0 Å². The Bertz CT molecular complexity index is 6180. The molecule has 1 N–H and O–H groups in total. The minimum atomic E-state index is -0.353. The van der Waals surface area contributed by atoms with E-state index in [1.165, 1.54) is 43.8 Å². The fraction of sp³-hybridized carbons (Fsp3) is 0.0323. The molecule has 0 bridgehead atoms. The highest BCUT2D eigenvalue weighted by Crippen LogP contribution is 2.51. The molecule has 6 aliphatic heterocycles. The molecule has 1 aromatic heterocycles. The van der Waals surface area contributed by atoms with Crippen molar-refractivity contribution in [2.24, 2.45) is 0 Å². The van der Waals surface area contributed by atoms with E-state index in [4.69, 9.17) is 14.2 Å². The Morgan fingerprint density at radius 3 is 1.30 bits per heavy atom. The Kier molecular flexibility index (Phi) is 12.9. The number of benzene rings is 15. The largest absolute Gasteiger partial charge is 0.458 e. The van der Waals surface area contributed by atoms with E-state index in [1.54, 1.807) is 0 Å². The standard InChI is InChI=1S/C93H63B3N6O3/c1-57-45-58(2)92(59(3)46-57)102-80-56-85-76(54-74(80)94-71-41-23-25-44-83(71)103-86-50-67(49-82(102)90(86)94)99(62-31-14-6-15-32-62)63-33-16-7-17-34-63)96-75-53-73-77(55-84(75)104-87-51-68(52-88(105-85)91(87)96)100(64-35-18-8-19-36-64)65-37-20-9-21-38-65)97-78-47-66(98(60-27-10-4-11-28-60)61-29-12-5-13-30-61)48-81-89(78)95(73)72-42-26-40-70-69-39-22-24-43-79(69)101(81)93(70)72/h4-56,97H,1-3H3. The Balaban J connectivity index is 0.804. The number of hydrogen-bond donors (Lipinski definition) is 1. The predicted octanol–water partition coefficient (Wildman–Crippen LogP) is 18.1. The minimum absolute atomic E-state index is 0.169. The smallest absolute Gasteiger partial charge is 0.260 e. The molecule has 0 atom stereocenters. The van der Waals surface area contributed by atoms with Crippen LogP contribution in [-0.2, 0) is 0 Å². The second kappa shape index (κ2) is 22.9. The molecule has 0 aliphatic carbocycles. The monoisotopic (exact) mass is 1340 g/mol. The van der Waals surface area contributed by atoms with Gasteiger partial charge in [0.1, 0.15) is 34.5 Å². The quantitative estimate of drug-likeness (QED) is 0.136. The van der Waals surface area contributed by atoms with Gasteiger partial charge in [-0.25, -0.2) is 0 Å². The highest BCUT2D eigenvalue weighted by Gasteiger charge is 2.49. The number of hydrogen-bond acceptors (Lipinski definition) is 8. The molecule has 492 valence electrons. The van der Waals surface area contributed by atoms with E-state index in [-0.39, 0.29) is 20.1 Å². The molecule has 0 saturated heterocycles. The lowest BCUT2D eigenvalue weighted by Crippen LogP contribution is -2.64. The van der Waals surface area contributed by atoms with Crippen LogP contribution in [0, 0.1) is 20.8 Å². The number of para-hydroxylation sites is 9. The van der Waals surface area contributed by atoms with Gasteiger partial charge in [-0.1, -0.05) is 194 Å². The zero-order valence-electron chi connectivity index (χ0n) is 57.8. The summed E-state index contributed by atoms with van der Waals surface area (Å²) in [4.78, 5) is 9.56. The summed E-state index contributed by atoms with van der Waals surface area (Å²) in [6, 6.07) is 117. The van der Waals surface area contributed by atoms with Crippen molar-refractivity contribution in [2.45, 2.75) is 20.8 Å². The van der Waals surface area contributed by atoms with E-state index in [2.05, 4.69) is 372 Å². The maximum atomic E-state index is 7.82. The van der Waals surface area contributed by atoms with E-state index in [0.717, 1.165) is 164 Å².